The third-order valence-corrected chi connectivity index (χ3v) is 9.23. The number of fused-ring (bicyclic) bond motifs is 2. The molecule has 0 amide bonds. The Kier molecular flexibility index (Phi) is 6.43. The Labute approximate surface area is 194 Å². The predicted octanol–water partition coefficient (Wildman–Crippen LogP) is 2.31. The van der Waals surface area contributed by atoms with E-state index in [-0.39, 0.29) is 29.4 Å². The Morgan fingerprint density at radius 2 is 1.91 bits per heavy atom. The zero-order valence-corrected chi connectivity index (χ0v) is 19.9. The van der Waals surface area contributed by atoms with Crippen molar-refractivity contribution in [3.63, 3.8) is 0 Å². The molecule has 1 aromatic carbocycles. The Morgan fingerprint density at radius 3 is 2.70 bits per heavy atom. The first-order chi connectivity index (χ1) is 16.0. The van der Waals surface area contributed by atoms with E-state index in [1.807, 2.05) is 17.6 Å². The van der Waals surface area contributed by atoms with Gasteiger partial charge in [0, 0.05) is 31.6 Å². The van der Waals surface area contributed by atoms with Gasteiger partial charge < -0.3 is 9.30 Å². The van der Waals surface area contributed by atoms with Crippen LogP contribution in [0.25, 0.3) is 11.0 Å². The average Bonchev–Trinajstić information content (AvgIpc) is 3.43. The maximum absolute atomic E-state index is 13.1. The molecule has 180 valence electrons. The summed E-state index contributed by atoms with van der Waals surface area (Å²) in [5.74, 6) is 0.623. The molecule has 9 nitrogen and oxygen atoms in total. The number of hydrogen-bond donors (Lipinski definition) is 2. The molecule has 5 rings (SSSR count). The van der Waals surface area contributed by atoms with Gasteiger partial charge in [0.1, 0.15) is 18.5 Å². The second kappa shape index (κ2) is 9.32. The molecule has 10 heteroatoms. The van der Waals surface area contributed by atoms with Crippen molar-refractivity contribution in [2.45, 2.75) is 82.0 Å². The van der Waals surface area contributed by atoms with Gasteiger partial charge in [-0.15, -0.1) is 0 Å². The minimum atomic E-state index is -3.53. The lowest BCUT2D eigenvalue weighted by atomic mass is 9.82. The van der Waals surface area contributed by atoms with Crippen LogP contribution in [-0.2, 0) is 32.7 Å². The van der Waals surface area contributed by atoms with Gasteiger partial charge in [-0.2, -0.15) is 4.31 Å². The van der Waals surface area contributed by atoms with E-state index in [4.69, 9.17) is 4.74 Å². The van der Waals surface area contributed by atoms with Crippen molar-refractivity contribution < 1.29 is 17.9 Å². The smallest absolute Gasteiger partial charge is 0.325 e. The van der Waals surface area contributed by atoms with Crippen LogP contribution in [0.1, 0.15) is 57.7 Å². The average molecular weight is 476 g/mol. The zero-order valence-electron chi connectivity index (χ0n) is 19.1. The molecule has 1 aromatic heterocycles. The summed E-state index contributed by atoms with van der Waals surface area (Å²) in [7, 11) is -3.53. The standard InChI is InChI=1S/C23H33N5O4S/c1-2-28-20-11-10-16(33(30,31)27-12-6-3-7-13-27)14-19(20)24-21(28)15-32-23(29)22-17-8-4-5-9-18(17)25-26-22/h10-11,14,17-18,22,25-26H,2-9,12-13,15H2,1H3. The minimum absolute atomic E-state index is 0.0606. The van der Waals surface area contributed by atoms with Gasteiger partial charge in [0.2, 0.25) is 10.0 Å². The molecule has 3 unspecified atom stereocenters. The van der Waals surface area contributed by atoms with Gasteiger partial charge >= 0.3 is 5.97 Å². The fraction of sp³-hybridized carbons (Fsp3) is 0.652. The Morgan fingerprint density at radius 1 is 1.12 bits per heavy atom. The van der Waals surface area contributed by atoms with Gasteiger partial charge in [-0.3, -0.25) is 10.2 Å². The molecular weight excluding hydrogens is 442 g/mol. The number of ether oxygens (including phenoxy) is 1. The van der Waals surface area contributed by atoms with E-state index in [2.05, 4.69) is 15.8 Å². The highest BCUT2D eigenvalue weighted by Crippen LogP contribution is 2.31. The molecule has 3 fully saturated rings. The fourth-order valence-electron chi connectivity index (χ4n) is 5.54. The number of nitrogens with zero attached hydrogens (tertiary/aromatic N) is 3. The quantitative estimate of drug-likeness (QED) is 0.618. The molecule has 0 radical (unpaired) electrons. The summed E-state index contributed by atoms with van der Waals surface area (Å²) >= 11 is 0. The second-order valence-corrected chi connectivity index (χ2v) is 11.3. The van der Waals surface area contributed by atoms with Gasteiger partial charge in [0.05, 0.1) is 15.9 Å². The van der Waals surface area contributed by atoms with Crippen LogP contribution in [-0.4, -0.2) is 53.4 Å². The monoisotopic (exact) mass is 475 g/mol. The number of sulfonamides is 1. The van der Waals surface area contributed by atoms with E-state index in [9.17, 15) is 13.2 Å². The molecule has 1 aliphatic carbocycles. The molecule has 2 aliphatic heterocycles. The van der Waals surface area contributed by atoms with Crippen LogP contribution in [0, 0.1) is 5.92 Å². The number of piperidine rings is 1. The van der Waals surface area contributed by atoms with E-state index < -0.39 is 10.0 Å². The summed E-state index contributed by atoms with van der Waals surface area (Å²) in [4.78, 5) is 17.7. The lowest BCUT2D eigenvalue weighted by molar-refractivity contribution is -0.148. The lowest BCUT2D eigenvalue weighted by Crippen LogP contribution is -2.40. The Bertz CT molecular complexity index is 1130. The SMILES string of the molecule is CCn1c(COC(=O)C2NNC3CCCCC32)nc2cc(S(=O)(=O)N3CCCCC3)ccc21. The molecule has 3 atom stereocenters. The van der Waals surface area contributed by atoms with Crippen LogP contribution in [0.5, 0.6) is 0 Å². The molecule has 0 bridgehead atoms. The second-order valence-electron chi connectivity index (χ2n) is 9.32. The van der Waals surface area contributed by atoms with E-state index in [0.717, 1.165) is 44.0 Å². The predicted molar refractivity (Wildman–Crippen MR) is 124 cm³/mol. The number of carbonyl (C=O) groups is 1. The number of aryl methyl sites for hydroxylation is 1. The Balaban J connectivity index is 1.33. The largest absolute Gasteiger partial charge is 0.456 e. The van der Waals surface area contributed by atoms with Gasteiger partial charge in [0.15, 0.2) is 0 Å². The summed E-state index contributed by atoms with van der Waals surface area (Å²) < 4.78 is 35.4. The van der Waals surface area contributed by atoms with E-state index in [0.29, 0.717) is 37.0 Å². The highest BCUT2D eigenvalue weighted by atomic mass is 32.2. The first-order valence-corrected chi connectivity index (χ1v) is 13.6. The molecule has 3 aliphatic rings. The van der Waals surface area contributed by atoms with Crippen LogP contribution in [0.15, 0.2) is 23.1 Å². The van der Waals surface area contributed by atoms with Crippen LogP contribution in [0.3, 0.4) is 0 Å². The number of nitrogens with one attached hydrogen (secondary N) is 2. The highest BCUT2D eigenvalue weighted by Gasteiger charge is 2.42. The first-order valence-electron chi connectivity index (χ1n) is 12.2. The van der Waals surface area contributed by atoms with E-state index in [1.54, 1.807) is 16.4 Å². The van der Waals surface area contributed by atoms with Gasteiger partial charge in [0.25, 0.3) is 0 Å². The molecule has 1 saturated carbocycles. The van der Waals surface area contributed by atoms with E-state index in [1.165, 1.54) is 6.42 Å². The number of hydrogen-bond acceptors (Lipinski definition) is 7. The van der Waals surface area contributed by atoms with Crippen molar-refractivity contribution in [2.24, 2.45) is 5.92 Å². The number of carbonyl (C=O) groups excluding carboxylic acids is 1. The van der Waals surface area contributed by atoms with Crippen LogP contribution in [0.2, 0.25) is 0 Å². The third kappa shape index (κ3) is 4.29. The molecule has 3 heterocycles. The normalized spacial score (nSPS) is 26.4. The van der Waals surface area contributed by atoms with Crippen molar-refractivity contribution in [3.05, 3.63) is 24.0 Å². The molecular formula is C23H33N5O4S. The van der Waals surface area contributed by atoms with Crippen LogP contribution >= 0.6 is 0 Å². The van der Waals surface area contributed by atoms with Gasteiger partial charge in [-0.05, 0) is 50.8 Å². The number of esters is 1. The van der Waals surface area contributed by atoms with Gasteiger partial charge in [-0.1, -0.05) is 19.3 Å². The number of rotatable bonds is 6. The minimum Gasteiger partial charge on any atom is -0.456 e. The molecule has 2 N–H and O–H groups in total. The third-order valence-electron chi connectivity index (χ3n) is 7.34. The van der Waals surface area contributed by atoms with Crippen LogP contribution < -0.4 is 10.9 Å². The fourth-order valence-corrected chi connectivity index (χ4v) is 7.08. The molecule has 0 spiro atoms. The molecule has 2 aromatic rings. The molecule has 33 heavy (non-hydrogen) atoms. The maximum Gasteiger partial charge on any atom is 0.325 e. The Hall–Kier alpha value is -2.01. The highest BCUT2D eigenvalue weighted by molar-refractivity contribution is 7.89. The number of aromatic nitrogens is 2. The topological polar surface area (TPSA) is 106 Å². The number of benzene rings is 1. The summed E-state index contributed by atoms with van der Waals surface area (Å²) in [5, 5.41) is 0. The van der Waals surface area contributed by atoms with Crippen molar-refractivity contribution >= 4 is 27.0 Å². The zero-order chi connectivity index (χ0) is 23.0. The van der Waals surface area contributed by atoms with Crippen molar-refractivity contribution in [1.82, 2.24) is 24.7 Å². The first kappa shape index (κ1) is 22.8. The summed E-state index contributed by atoms with van der Waals surface area (Å²) in [6.45, 7) is 3.84. The summed E-state index contributed by atoms with van der Waals surface area (Å²) in [6, 6.07) is 5.11. The number of imidazole rings is 1. The number of hydrazine groups is 1. The summed E-state index contributed by atoms with van der Waals surface area (Å²) in [5.41, 5.74) is 7.82. The van der Waals surface area contributed by atoms with Crippen molar-refractivity contribution in [2.75, 3.05) is 13.1 Å². The summed E-state index contributed by atoms with van der Waals surface area (Å²) in [6.07, 6.45) is 7.29. The van der Waals surface area contributed by atoms with Crippen molar-refractivity contribution in [3.8, 4) is 0 Å². The van der Waals surface area contributed by atoms with Crippen molar-refractivity contribution in [1.29, 1.82) is 0 Å². The van der Waals surface area contributed by atoms with Gasteiger partial charge in [-0.25, -0.2) is 18.8 Å². The van der Waals surface area contributed by atoms with E-state index >= 15 is 0 Å². The maximum atomic E-state index is 13.1. The molecule has 2 saturated heterocycles. The van der Waals surface area contributed by atoms with Crippen LogP contribution in [0.4, 0.5) is 0 Å². The lowest BCUT2D eigenvalue weighted by Gasteiger charge is -2.26.